The third kappa shape index (κ3) is 4.37. The largest absolute Gasteiger partial charge is 0.458 e. The minimum atomic E-state index is -0.405. The summed E-state index contributed by atoms with van der Waals surface area (Å²) in [6, 6.07) is 17.5. The normalized spacial score (nSPS) is 19.7. The Morgan fingerprint density at radius 2 is 1.54 bits per heavy atom. The summed E-state index contributed by atoms with van der Waals surface area (Å²) in [6.45, 7) is 0.384. The second kappa shape index (κ2) is 7.99. The van der Waals surface area contributed by atoms with Gasteiger partial charge in [0, 0.05) is 0 Å². The Hall–Kier alpha value is -2.31. The highest BCUT2D eigenvalue weighted by molar-refractivity contribution is 8.00. The van der Waals surface area contributed by atoms with E-state index in [0.717, 1.165) is 0 Å². The van der Waals surface area contributed by atoms with Gasteiger partial charge in [-0.1, -0.05) is 48.2 Å². The molecule has 124 valence electrons. The van der Waals surface area contributed by atoms with E-state index in [0.29, 0.717) is 11.1 Å². The van der Waals surface area contributed by atoms with Gasteiger partial charge in [0.05, 0.1) is 17.7 Å². The van der Waals surface area contributed by atoms with E-state index in [4.69, 9.17) is 14.2 Å². The molecular weight excluding hydrogens is 328 g/mol. The summed E-state index contributed by atoms with van der Waals surface area (Å²) in [6.07, 6.45) is 0. The third-order valence-corrected chi connectivity index (χ3v) is 4.44. The van der Waals surface area contributed by atoms with Crippen LogP contribution in [0, 0.1) is 0 Å². The predicted molar refractivity (Wildman–Crippen MR) is 89.7 cm³/mol. The maximum Gasteiger partial charge on any atom is 0.339 e. The topological polar surface area (TPSA) is 61.8 Å². The van der Waals surface area contributed by atoms with Crippen LogP contribution in [0.25, 0.3) is 0 Å². The van der Waals surface area contributed by atoms with Crippen molar-refractivity contribution in [2.45, 2.75) is 10.9 Å². The van der Waals surface area contributed by atoms with Crippen molar-refractivity contribution in [2.24, 2.45) is 0 Å². The smallest absolute Gasteiger partial charge is 0.339 e. The summed E-state index contributed by atoms with van der Waals surface area (Å²) in [5, 5.41) is 0. The van der Waals surface area contributed by atoms with Gasteiger partial charge in [-0.15, -0.1) is 0 Å². The number of carbonyl (C=O) groups is 2. The van der Waals surface area contributed by atoms with Crippen molar-refractivity contribution in [2.75, 3.05) is 13.2 Å². The Labute approximate surface area is 143 Å². The van der Waals surface area contributed by atoms with Crippen molar-refractivity contribution in [3.05, 3.63) is 71.8 Å². The van der Waals surface area contributed by atoms with Crippen LogP contribution in [0.15, 0.2) is 60.7 Å². The highest BCUT2D eigenvalue weighted by Gasteiger charge is 2.30. The molecule has 0 radical (unpaired) electrons. The van der Waals surface area contributed by atoms with Gasteiger partial charge in [0.15, 0.2) is 5.44 Å². The molecule has 6 heteroatoms. The number of thioether (sulfide) groups is 1. The van der Waals surface area contributed by atoms with Crippen LogP contribution in [0.4, 0.5) is 0 Å². The highest BCUT2D eigenvalue weighted by Crippen LogP contribution is 2.29. The monoisotopic (exact) mass is 344 g/mol. The molecule has 0 aromatic heterocycles. The lowest BCUT2D eigenvalue weighted by atomic mass is 10.2. The number of benzene rings is 2. The van der Waals surface area contributed by atoms with Crippen LogP contribution in [0.3, 0.4) is 0 Å². The minimum absolute atomic E-state index is 0.109. The van der Waals surface area contributed by atoms with Gasteiger partial charge in [0.2, 0.25) is 0 Å². The van der Waals surface area contributed by atoms with Gasteiger partial charge in [0.25, 0.3) is 0 Å². The zero-order chi connectivity index (χ0) is 16.8. The molecule has 0 saturated carbocycles. The van der Waals surface area contributed by atoms with E-state index in [-0.39, 0.29) is 18.6 Å². The Morgan fingerprint density at radius 1 is 0.958 bits per heavy atom. The lowest BCUT2D eigenvalue weighted by molar-refractivity contribution is 0.0130. The van der Waals surface area contributed by atoms with Crippen LogP contribution in [0.5, 0.6) is 0 Å². The van der Waals surface area contributed by atoms with Gasteiger partial charge in [-0.3, -0.25) is 0 Å². The molecule has 24 heavy (non-hydrogen) atoms. The molecule has 1 fully saturated rings. The van der Waals surface area contributed by atoms with Crippen LogP contribution in [0.1, 0.15) is 20.7 Å². The number of esters is 2. The molecule has 1 aliphatic heterocycles. The first-order chi connectivity index (χ1) is 11.7. The Kier molecular flexibility index (Phi) is 5.51. The van der Waals surface area contributed by atoms with Crippen LogP contribution < -0.4 is 0 Å². The summed E-state index contributed by atoms with van der Waals surface area (Å²) < 4.78 is 16.1. The van der Waals surface area contributed by atoms with Gasteiger partial charge in [-0.25, -0.2) is 9.59 Å². The number of carbonyl (C=O) groups excluding carboxylic acids is 2. The SMILES string of the molecule is O=C(OC[C@@H]1OC[C@H](OC(=O)c2ccccc2)S1)c1ccccc1. The van der Waals surface area contributed by atoms with E-state index in [1.54, 1.807) is 48.5 Å². The maximum absolute atomic E-state index is 12.0. The first-order valence-corrected chi connectivity index (χ1v) is 8.42. The first kappa shape index (κ1) is 16.5. The average Bonchev–Trinajstić information content (AvgIpc) is 3.08. The molecule has 5 nitrogen and oxygen atoms in total. The molecule has 0 amide bonds. The summed E-state index contributed by atoms with van der Waals surface area (Å²) in [7, 11) is 0. The number of ether oxygens (including phenoxy) is 3. The van der Waals surface area contributed by atoms with Crippen LogP contribution in [-0.4, -0.2) is 36.0 Å². The fraction of sp³-hybridized carbons (Fsp3) is 0.222. The zero-order valence-corrected chi connectivity index (χ0v) is 13.6. The molecule has 3 rings (SSSR count). The van der Waals surface area contributed by atoms with Crippen molar-refractivity contribution in [1.82, 2.24) is 0 Å². The van der Waals surface area contributed by atoms with E-state index < -0.39 is 17.4 Å². The van der Waals surface area contributed by atoms with Crippen molar-refractivity contribution in [3.8, 4) is 0 Å². The summed E-state index contributed by atoms with van der Waals surface area (Å²) >= 11 is 1.33. The molecule has 2 aromatic carbocycles. The van der Waals surface area contributed by atoms with Crippen LogP contribution >= 0.6 is 11.8 Å². The van der Waals surface area contributed by atoms with Crippen molar-refractivity contribution in [1.29, 1.82) is 0 Å². The van der Waals surface area contributed by atoms with E-state index >= 15 is 0 Å². The number of rotatable bonds is 5. The molecule has 2 atom stereocenters. The minimum Gasteiger partial charge on any atom is -0.458 e. The van der Waals surface area contributed by atoms with Crippen LogP contribution in [-0.2, 0) is 14.2 Å². The third-order valence-electron chi connectivity index (χ3n) is 3.33. The molecule has 0 N–H and O–H groups in total. The van der Waals surface area contributed by atoms with Gasteiger partial charge in [0.1, 0.15) is 12.0 Å². The molecule has 1 heterocycles. The fourth-order valence-corrected chi connectivity index (χ4v) is 3.09. The molecule has 2 aromatic rings. The highest BCUT2D eigenvalue weighted by atomic mass is 32.2. The van der Waals surface area contributed by atoms with Crippen molar-refractivity contribution in [3.63, 3.8) is 0 Å². The predicted octanol–water partition coefficient (Wildman–Crippen LogP) is 3.12. The van der Waals surface area contributed by atoms with E-state index in [1.807, 2.05) is 12.1 Å². The average molecular weight is 344 g/mol. The van der Waals surface area contributed by atoms with Crippen molar-refractivity contribution < 1.29 is 23.8 Å². The van der Waals surface area contributed by atoms with Gasteiger partial charge < -0.3 is 14.2 Å². The quantitative estimate of drug-likeness (QED) is 0.777. The number of hydrogen-bond donors (Lipinski definition) is 0. The Morgan fingerprint density at radius 3 is 2.17 bits per heavy atom. The maximum atomic E-state index is 12.0. The molecule has 0 aliphatic carbocycles. The second-order valence-electron chi connectivity index (χ2n) is 5.06. The van der Waals surface area contributed by atoms with Crippen LogP contribution in [0.2, 0.25) is 0 Å². The van der Waals surface area contributed by atoms with Gasteiger partial charge in [-0.2, -0.15) is 0 Å². The van der Waals surface area contributed by atoms with E-state index in [2.05, 4.69) is 0 Å². The Balaban J connectivity index is 1.44. The summed E-state index contributed by atoms with van der Waals surface area (Å²) in [5.41, 5.74) is 0.244. The van der Waals surface area contributed by atoms with E-state index in [9.17, 15) is 9.59 Å². The van der Waals surface area contributed by atoms with Gasteiger partial charge in [-0.05, 0) is 24.3 Å². The second-order valence-corrected chi connectivity index (χ2v) is 6.39. The molecule has 0 spiro atoms. The zero-order valence-electron chi connectivity index (χ0n) is 12.8. The lowest BCUT2D eigenvalue weighted by Crippen LogP contribution is -2.16. The van der Waals surface area contributed by atoms with Gasteiger partial charge >= 0.3 is 11.9 Å². The molecule has 1 aliphatic rings. The molecule has 1 saturated heterocycles. The Bertz CT molecular complexity index is 689. The molecule has 0 bridgehead atoms. The summed E-state index contributed by atoms with van der Waals surface area (Å²) in [4.78, 5) is 23.9. The van der Waals surface area contributed by atoms with E-state index in [1.165, 1.54) is 11.8 Å². The molecule has 0 unspecified atom stereocenters. The summed E-state index contributed by atoms with van der Waals surface area (Å²) in [5.74, 6) is -0.789. The lowest BCUT2D eigenvalue weighted by Gasteiger charge is -2.11. The molecular formula is C18H16O5S. The number of hydrogen-bond acceptors (Lipinski definition) is 6. The standard InChI is InChI=1S/C18H16O5S/c19-17(13-7-3-1-4-8-13)22-11-15-21-12-16(24-15)23-18(20)14-9-5-2-6-10-14/h1-10,15-16H,11-12H2/t15-,16-/m1/s1. The van der Waals surface area contributed by atoms with Crippen molar-refractivity contribution >= 4 is 23.7 Å². The first-order valence-electron chi connectivity index (χ1n) is 7.47. The fourth-order valence-electron chi connectivity index (χ4n) is 2.15.